The summed E-state index contributed by atoms with van der Waals surface area (Å²) in [7, 11) is 0. The fraction of sp³-hybridized carbons (Fsp3) is 0.500. The van der Waals surface area contributed by atoms with Crippen molar-refractivity contribution in [2.45, 2.75) is 29.9 Å². The van der Waals surface area contributed by atoms with Crippen LogP contribution in [0, 0.1) is 0 Å². The topological polar surface area (TPSA) is 58.6 Å². The van der Waals surface area contributed by atoms with E-state index >= 15 is 0 Å². The summed E-state index contributed by atoms with van der Waals surface area (Å²) >= 11 is 13.2. The van der Waals surface area contributed by atoms with Crippen molar-refractivity contribution in [2.24, 2.45) is 0 Å². The van der Waals surface area contributed by atoms with E-state index in [1.54, 1.807) is 25.1 Å². The van der Waals surface area contributed by atoms with Crippen molar-refractivity contribution >= 4 is 40.9 Å². The molecule has 0 spiro atoms. The Bertz CT molecular complexity index is 529. The summed E-state index contributed by atoms with van der Waals surface area (Å²) in [6.07, 6.45) is 0.259. The van der Waals surface area contributed by atoms with Gasteiger partial charge in [0.25, 0.3) is 0 Å². The Morgan fingerprint density at radius 3 is 3.00 bits per heavy atom. The molecule has 21 heavy (non-hydrogen) atoms. The summed E-state index contributed by atoms with van der Waals surface area (Å²) in [5.41, 5.74) is -0.978. The zero-order valence-corrected chi connectivity index (χ0v) is 13.9. The van der Waals surface area contributed by atoms with E-state index in [9.17, 15) is 9.90 Å². The molecular formula is C14H17Cl2NO3S. The Hall–Kier alpha value is -0.460. The van der Waals surface area contributed by atoms with Crippen LogP contribution in [0.2, 0.25) is 10.0 Å². The van der Waals surface area contributed by atoms with Gasteiger partial charge >= 0.3 is 0 Å². The van der Waals surface area contributed by atoms with Crippen molar-refractivity contribution in [3.63, 3.8) is 0 Å². The number of aliphatic hydroxyl groups is 1. The van der Waals surface area contributed by atoms with Gasteiger partial charge in [-0.25, -0.2) is 0 Å². The Morgan fingerprint density at radius 1 is 1.57 bits per heavy atom. The third kappa shape index (κ3) is 4.50. The van der Waals surface area contributed by atoms with Crippen LogP contribution in [-0.2, 0) is 9.53 Å². The molecule has 0 radical (unpaired) electrons. The molecule has 0 aliphatic carbocycles. The van der Waals surface area contributed by atoms with Crippen LogP contribution in [0.25, 0.3) is 0 Å². The van der Waals surface area contributed by atoms with Crippen molar-refractivity contribution in [3.8, 4) is 0 Å². The average molecular weight is 350 g/mol. The van der Waals surface area contributed by atoms with Crippen LogP contribution in [0.5, 0.6) is 0 Å². The Balaban J connectivity index is 1.81. The van der Waals surface area contributed by atoms with Gasteiger partial charge in [0.2, 0.25) is 5.91 Å². The number of carbonyl (C=O) groups excluding carboxylic acids is 1. The molecule has 1 heterocycles. The molecule has 4 nitrogen and oxygen atoms in total. The fourth-order valence-corrected chi connectivity index (χ4v) is 3.36. The van der Waals surface area contributed by atoms with Gasteiger partial charge in [0.15, 0.2) is 0 Å². The van der Waals surface area contributed by atoms with Crippen LogP contribution in [0.1, 0.15) is 13.3 Å². The first-order chi connectivity index (χ1) is 9.90. The number of benzene rings is 1. The molecule has 0 saturated carbocycles. The number of thioether (sulfide) groups is 1. The number of carbonyl (C=O) groups is 1. The monoisotopic (exact) mass is 349 g/mol. The minimum atomic E-state index is -0.978. The molecular weight excluding hydrogens is 333 g/mol. The Labute approximate surface area is 138 Å². The van der Waals surface area contributed by atoms with Crippen molar-refractivity contribution < 1.29 is 14.6 Å². The van der Waals surface area contributed by atoms with Gasteiger partial charge in [-0.1, -0.05) is 23.2 Å². The minimum absolute atomic E-state index is 0.163. The second-order valence-electron chi connectivity index (χ2n) is 5.01. The molecule has 1 aliphatic rings. The van der Waals surface area contributed by atoms with Gasteiger partial charge < -0.3 is 15.2 Å². The quantitative estimate of drug-likeness (QED) is 0.802. The number of rotatable bonds is 5. The molecule has 1 saturated heterocycles. The van der Waals surface area contributed by atoms with E-state index in [0.717, 1.165) is 4.90 Å². The van der Waals surface area contributed by atoms with Crippen LogP contribution in [0.15, 0.2) is 23.1 Å². The smallest absolute Gasteiger partial charge is 0.230 e. The molecule has 7 heteroatoms. The first kappa shape index (κ1) is 16.9. The van der Waals surface area contributed by atoms with Crippen LogP contribution in [0.3, 0.4) is 0 Å². The van der Waals surface area contributed by atoms with E-state index in [0.29, 0.717) is 23.1 Å². The molecule has 1 fully saturated rings. The lowest BCUT2D eigenvalue weighted by molar-refractivity contribution is -0.120. The third-order valence-electron chi connectivity index (χ3n) is 3.50. The second kappa shape index (κ2) is 7.20. The standard InChI is InChI=1S/C14H17Cl2NO3S/c1-9-14(19,4-5-20-9)8-17-13(18)7-21-12-6-10(15)2-3-11(12)16/h2-3,6,9,19H,4-5,7-8H2,1H3,(H,17,18). The number of hydrogen-bond acceptors (Lipinski definition) is 4. The van der Waals surface area contributed by atoms with Crippen molar-refractivity contribution in [3.05, 3.63) is 28.2 Å². The number of hydrogen-bond donors (Lipinski definition) is 2. The largest absolute Gasteiger partial charge is 0.385 e. The molecule has 2 atom stereocenters. The summed E-state index contributed by atoms with van der Waals surface area (Å²) in [4.78, 5) is 12.6. The van der Waals surface area contributed by atoms with E-state index in [1.165, 1.54) is 11.8 Å². The first-order valence-corrected chi connectivity index (χ1v) is 8.33. The van der Waals surface area contributed by atoms with Crippen LogP contribution >= 0.6 is 35.0 Å². The molecule has 1 amide bonds. The van der Waals surface area contributed by atoms with E-state index in [-0.39, 0.29) is 24.3 Å². The van der Waals surface area contributed by atoms with Gasteiger partial charge in [-0.3, -0.25) is 4.79 Å². The van der Waals surface area contributed by atoms with Crippen molar-refractivity contribution in [1.82, 2.24) is 5.32 Å². The summed E-state index contributed by atoms with van der Waals surface area (Å²) in [5.74, 6) is 0.0503. The van der Waals surface area contributed by atoms with Gasteiger partial charge in [-0.15, -0.1) is 11.8 Å². The predicted octanol–water partition coefficient (Wildman–Crippen LogP) is 2.74. The maximum Gasteiger partial charge on any atom is 0.230 e. The molecule has 1 aliphatic heterocycles. The zero-order valence-electron chi connectivity index (χ0n) is 11.6. The SMILES string of the molecule is CC1OCCC1(O)CNC(=O)CSc1cc(Cl)ccc1Cl. The molecule has 116 valence electrons. The highest BCUT2D eigenvalue weighted by Crippen LogP contribution is 2.30. The third-order valence-corrected chi connectivity index (χ3v) is 5.24. The van der Waals surface area contributed by atoms with Crippen LogP contribution in [0.4, 0.5) is 0 Å². The van der Waals surface area contributed by atoms with Gasteiger partial charge in [-0.05, 0) is 25.1 Å². The number of ether oxygens (including phenoxy) is 1. The van der Waals surface area contributed by atoms with Gasteiger partial charge in [-0.2, -0.15) is 0 Å². The Morgan fingerprint density at radius 2 is 2.33 bits per heavy atom. The summed E-state index contributed by atoms with van der Waals surface area (Å²) < 4.78 is 5.32. The maximum absolute atomic E-state index is 11.9. The van der Waals surface area contributed by atoms with Crippen LogP contribution in [-0.4, -0.2) is 41.6 Å². The predicted molar refractivity (Wildman–Crippen MR) is 85.2 cm³/mol. The summed E-state index contributed by atoms with van der Waals surface area (Å²) in [6, 6.07) is 5.12. The minimum Gasteiger partial charge on any atom is -0.385 e. The molecule has 2 unspecified atom stereocenters. The maximum atomic E-state index is 11.9. The van der Waals surface area contributed by atoms with Gasteiger partial charge in [0.1, 0.15) is 5.60 Å². The highest BCUT2D eigenvalue weighted by molar-refractivity contribution is 8.00. The van der Waals surface area contributed by atoms with E-state index in [1.807, 2.05) is 0 Å². The number of nitrogens with one attached hydrogen (secondary N) is 1. The number of amides is 1. The molecule has 2 N–H and O–H groups in total. The number of halogens is 2. The Kier molecular flexibility index (Phi) is 5.80. The van der Waals surface area contributed by atoms with Crippen molar-refractivity contribution in [1.29, 1.82) is 0 Å². The normalized spacial score (nSPS) is 25.0. The summed E-state index contributed by atoms with van der Waals surface area (Å²) in [6.45, 7) is 2.51. The van der Waals surface area contributed by atoms with E-state index in [2.05, 4.69) is 5.32 Å². The lowest BCUT2D eigenvalue weighted by Gasteiger charge is -2.26. The molecule has 2 rings (SSSR count). The van der Waals surface area contributed by atoms with Gasteiger partial charge in [0.05, 0.1) is 16.9 Å². The van der Waals surface area contributed by atoms with Crippen LogP contribution < -0.4 is 5.32 Å². The lowest BCUT2D eigenvalue weighted by atomic mass is 9.97. The van der Waals surface area contributed by atoms with Crippen molar-refractivity contribution in [2.75, 3.05) is 18.9 Å². The highest BCUT2D eigenvalue weighted by Gasteiger charge is 2.39. The molecule has 1 aromatic rings. The highest BCUT2D eigenvalue weighted by atomic mass is 35.5. The zero-order chi connectivity index (χ0) is 15.5. The summed E-state index contributed by atoms with van der Waals surface area (Å²) in [5, 5.41) is 14.2. The molecule has 0 bridgehead atoms. The van der Waals surface area contributed by atoms with Gasteiger partial charge in [0, 0.05) is 29.5 Å². The molecule has 1 aromatic carbocycles. The van der Waals surface area contributed by atoms with E-state index in [4.69, 9.17) is 27.9 Å². The van der Waals surface area contributed by atoms with E-state index < -0.39 is 5.60 Å². The fourth-order valence-electron chi connectivity index (χ4n) is 2.04. The first-order valence-electron chi connectivity index (χ1n) is 6.59. The second-order valence-corrected chi connectivity index (χ2v) is 6.87. The average Bonchev–Trinajstić information content (AvgIpc) is 2.78. The molecule has 0 aromatic heterocycles. The lowest BCUT2D eigenvalue weighted by Crippen LogP contribution is -2.47.